The Morgan fingerprint density at radius 2 is 1.54 bits per heavy atom. The largest absolute Gasteiger partial charge is 0.308 e. The molecule has 0 N–H and O–H groups in total. The second-order valence-electron chi connectivity index (χ2n) is 6.61. The maximum absolute atomic E-state index is 12.6. The Morgan fingerprint density at radius 1 is 0.964 bits per heavy atom. The van der Waals surface area contributed by atoms with E-state index in [2.05, 4.69) is 10.2 Å². The monoisotopic (exact) mass is 415 g/mol. The third-order valence-corrected chi connectivity index (χ3v) is 6.98. The van der Waals surface area contributed by atoms with Gasteiger partial charge in [0, 0.05) is 12.6 Å². The number of aryl methyl sites for hydroxylation is 2. The van der Waals surface area contributed by atoms with Gasteiger partial charge in [-0.1, -0.05) is 59.3 Å². The van der Waals surface area contributed by atoms with Crippen molar-refractivity contribution in [2.45, 2.75) is 29.7 Å². The van der Waals surface area contributed by atoms with Crippen LogP contribution >= 0.6 is 11.8 Å². The number of rotatable bonds is 7. The van der Waals surface area contributed by atoms with Crippen LogP contribution in [0.25, 0.3) is 0 Å². The Morgan fingerprint density at radius 3 is 2.14 bits per heavy atom. The highest BCUT2D eigenvalue weighted by Gasteiger charge is 2.20. The lowest BCUT2D eigenvalue weighted by Gasteiger charge is -2.06. The molecule has 28 heavy (non-hydrogen) atoms. The maximum atomic E-state index is 12.6. The molecule has 0 fully saturated rings. The van der Waals surface area contributed by atoms with E-state index in [9.17, 15) is 13.2 Å². The third-order valence-electron chi connectivity index (χ3n) is 4.33. The molecule has 0 saturated carbocycles. The molecule has 0 radical (unpaired) electrons. The van der Waals surface area contributed by atoms with Crippen LogP contribution in [0.5, 0.6) is 0 Å². The van der Waals surface area contributed by atoms with E-state index >= 15 is 0 Å². The van der Waals surface area contributed by atoms with Crippen LogP contribution in [-0.2, 0) is 22.6 Å². The van der Waals surface area contributed by atoms with Gasteiger partial charge in [-0.05, 0) is 26.0 Å². The summed E-state index contributed by atoms with van der Waals surface area (Å²) in [5.41, 5.74) is 2.73. The topological polar surface area (TPSA) is 81.9 Å². The van der Waals surface area contributed by atoms with Gasteiger partial charge in [0.05, 0.1) is 10.6 Å². The normalized spacial score (nSPS) is 11.5. The van der Waals surface area contributed by atoms with Gasteiger partial charge in [-0.25, -0.2) is 8.42 Å². The van der Waals surface area contributed by atoms with Gasteiger partial charge in [0.15, 0.2) is 20.8 Å². The number of hydrogen-bond acceptors (Lipinski definition) is 6. The predicted molar refractivity (Wildman–Crippen MR) is 109 cm³/mol. The molecule has 6 nitrogen and oxygen atoms in total. The van der Waals surface area contributed by atoms with Gasteiger partial charge in [-0.15, -0.1) is 10.2 Å². The van der Waals surface area contributed by atoms with E-state index in [1.807, 2.05) is 26.0 Å². The van der Waals surface area contributed by atoms with Crippen LogP contribution in [0.1, 0.15) is 27.3 Å². The molecular weight excluding hydrogens is 394 g/mol. The molecule has 2 aromatic carbocycles. The molecular formula is C20H21N3O3S2. The Balaban J connectivity index is 1.69. The minimum Gasteiger partial charge on any atom is -0.308 e. The maximum Gasteiger partial charge on any atom is 0.191 e. The zero-order valence-corrected chi connectivity index (χ0v) is 17.5. The molecule has 1 heterocycles. The van der Waals surface area contributed by atoms with Gasteiger partial charge in [-0.3, -0.25) is 4.79 Å². The standard InChI is InChI=1S/C20H21N3O3S2/c1-14-4-8-16(9-5-14)18(24)12-27-20-22-21-19(23(20)3)13-28(25,26)17-10-6-15(2)7-11-17/h4-11H,12-13H2,1-3H3. The van der Waals surface area contributed by atoms with E-state index in [0.29, 0.717) is 16.5 Å². The number of Topliss-reactive ketones (excluding diaryl/α,β-unsaturated/α-hetero) is 1. The van der Waals surface area contributed by atoms with E-state index in [4.69, 9.17) is 0 Å². The number of ketones is 1. The zero-order valence-electron chi connectivity index (χ0n) is 15.9. The molecule has 8 heteroatoms. The number of benzene rings is 2. The van der Waals surface area contributed by atoms with E-state index in [1.54, 1.807) is 48.0 Å². The van der Waals surface area contributed by atoms with Gasteiger partial charge in [-0.2, -0.15) is 0 Å². The Bertz CT molecular complexity index is 1090. The molecule has 3 rings (SSSR count). The molecule has 0 atom stereocenters. The third kappa shape index (κ3) is 4.69. The highest BCUT2D eigenvalue weighted by molar-refractivity contribution is 7.99. The van der Waals surface area contributed by atoms with Gasteiger partial charge in [0.2, 0.25) is 0 Å². The molecule has 146 valence electrons. The molecule has 0 aliphatic rings. The number of hydrogen-bond donors (Lipinski definition) is 0. The van der Waals surface area contributed by atoms with Gasteiger partial charge in [0.1, 0.15) is 11.6 Å². The first-order valence-corrected chi connectivity index (χ1v) is 11.3. The lowest BCUT2D eigenvalue weighted by molar-refractivity contribution is 0.102. The summed E-state index contributed by atoms with van der Waals surface area (Å²) in [6, 6.07) is 14.1. The fourth-order valence-corrected chi connectivity index (χ4v) is 4.68. The van der Waals surface area contributed by atoms with E-state index in [1.165, 1.54) is 11.8 Å². The first-order chi connectivity index (χ1) is 13.3. The highest BCUT2D eigenvalue weighted by atomic mass is 32.2. The van der Waals surface area contributed by atoms with Crippen LogP contribution in [0.4, 0.5) is 0 Å². The van der Waals surface area contributed by atoms with Crippen LogP contribution in [0, 0.1) is 13.8 Å². The molecule has 0 aliphatic carbocycles. The number of nitrogens with zero attached hydrogens (tertiary/aromatic N) is 3. The molecule has 3 aromatic rings. The van der Waals surface area contributed by atoms with Crippen LogP contribution in [0.3, 0.4) is 0 Å². The highest BCUT2D eigenvalue weighted by Crippen LogP contribution is 2.21. The van der Waals surface area contributed by atoms with Crippen molar-refractivity contribution >= 4 is 27.4 Å². The number of thioether (sulfide) groups is 1. The molecule has 0 spiro atoms. The van der Waals surface area contributed by atoms with Crippen LogP contribution in [0.2, 0.25) is 0 Å². The quantitative estimate of drug-likeness (QED) is 0.435. The second kappa shape index (κ2) is 8.28. The molecule has 0 aliphatic heterocycles. The van der Waals surface area contributed by atoms with E-state index in [0.717, 1.165) is 11.1 Å². The Labute approximate surface area is 168 Å². The van der Waals surface area contributed by atoms with Crippen molar-refractivity contribution in [2.24, 2.45) is 7.05 Å². The number of carbonyl (C=O) groups is 1. The summed E-state index contributed by atoms with van der Waals surface area (Å²) in [6.07, 6.45) is 0. The Hall–Kier alpha value is -2.45. The lowest BCUT2D eigenvalue weighted by Crippen LogP contribution is -2.10. The Kier molecular flexibility index (Phi) is 6.00. The minimum absolute atomic E-state index is 0.0122. The number of aromatic nitrogens is 3. The number of carbonyl (C=O) groups excluding carboxylic acids is 1. The lowest BCUT2D eigenvalue weighted by atomic mass is 10.1. The van der Waals surface area contributed by atoms with Crippen molar-refractivity contribution in [3.8, 4) is 0 Å². The average molecular weight is 416 g/mol. The molecule has 0 amide bonds. The zero-order chi connectivity index (χ0) is 20.3. The fourth-order valence-electron chi connectivity index (χ4n) is 2.55. The van der Waals surface area contributed by atoms with Crippen molar-refractivity contribution in [3.63, 3.8) is 0 Å². The van der Waals surface area contributed by atoms with Crippen LogP contribution in [0.15, 0.2) is 58.6 Å². The molecule has 0 saturated heterocycles. The molecule has 0 unspecified atom stereocenters. The van der Waals surface area contributed by atoms with E-state index in [-0.39, 0.29) is 22.2 Å². The molecule has 1 aromatic heterocycles. The summed E-state index contributed by atoms with van der Waals surface area (Å²) in [4.78, 5) is 12.6. The van der Waals surface area contributed by atoms with Crippen molar-refractivity contribution in [2.75, 3.05) is 5.75 Å². The summed E-state index contributed by atoms with van der Waals surface area (Å²) in [5.74, 6) is 0.291. The smallest absolute Gasteiger partial charge is 0.191 e. The van der Waals surface area contributed by atoms with Crippen molar-refractivity contribution < 1.29 is 13.2 Å². The van der Waals surface area contributed by atoms with Crippen molar-refractivity contribution in [1.82, 2.24) is 14.8 Å². The van der Waals surface area contributed by atoms with Gasteiger partial charge in [0.25, 0.3) is 0 Å². The first-order valence-electron chi connectivity index (χ1n) is 8.66. The summed E-state index contributed by atoms with van der Waals surface area (Å²) >= 11 is 1.24. The average Bonchev–Trinajstić information content (AvgIpc) is 3.00. The van der Waals surface area contributed by atoms with Gasteiger partial charge >= 0.3 is 0 Å². The van der Waals surface area contributed by atoms with Gasteiger partial charge < -0.3 is 4.57 Å². The second-order valence-corrected chi connectivity index (χ2v) is 9.54. The van der Waals surface area contributed by atoms with Crippen molar-refractivity contribution in [1.29, 1.82) is 0 Å². The predicted octanol–water partition coefficient (Wildman–Crippen LogP) is 3.38. The van der Waals surface area contributed by atoms with Crippen LogP contribution < -0.4 is 0 Å². The summed E-state index contributed by atoms with van der Waals surface area (Å²) in [6.45, 7) is 3.87. The SMILES string of the molecule is Cc1ccc(C(=O)CSc2nnc(CS(=O)(=O)c3ccc(C)cc3)n2C)cc1. The summed E-state index contributed by atoms with van der Waals surface area (Å²) in [5, 5.41) is 8.56. The minimum atomic E-state index is -3.52. The van der Waals surface area contributed by atoms with Crippen molar-refractivity contribution in [3.05, 3.63) is 71.0 Å². The summed E-state index contributed by atoms with van der Waals surface area (Å²) in [7, 11) is -1.81. The molecule has 0 bridgehead atoms. The fraction of sp³-hybridized carbons (Fsp3) is 0.250. The summed E-state index contributed by atoms with van der Waals surface area (Å²) < 4.78 is 26.8. The van der Waals surface area contributed by atoms with Crippen LogP contribution in [-0.4, -0.2) is 34.7 Å². The van der Waals surface area contributed by atoms with E-state index < -0.39 is 9.84 Å². The number of sulfone groups is 1. The first kappa shape index (κ1) is 20.3.